The molecule has 0 atom stereocenters. The Balaban J connectivity index is 1.45. The van der Waals surface area contributed by atoms with Gasteiger partial charge >= 0.3 is 0 Å². The average Bonchev–Trinajstić information content (AvgIpc) is 3.42. The molecule has 29 heavy (non-hydrogen) atoms. The minimum Gasteiger partial charge on any atom is -0.497 e. The molecule has 0 unspecified atom stereocenters. The summed E-state index contributed by atoms with van der Waals surface area (Å²) in [5, 5.41) is 8.78. The number of ether oxygens (including phenoxy) is 2. The molecule has 0 aliphatic carbocycles. The van der Waals surface area contributed by atoms with Gasteiger partial charge in [-0.1, -0.05) is 42.1 Å². The molecule has 0 amide bonds. The quantitative estimate of drug-likeness (QED) is 0.403. The third-order valence-electron chi connectivity index (χ3n) is 4.33. The van der Waals surface area contributed by atoms with Crippen molar-refractivity contribution in [3.05, 3.63) is 72.3 Å². The number of hydrogen-bond acceptors (Lipinski definition) is 7. The van der Waals surface area contributed by atoms with Crippen LogP contribution in [-0.2, 0) is 12.3 Å². The van der Waals surface area contributed by atoms with Crippen molar-refractivity contribution in [3.63, 3.8) is 0 Å². The lowest BCUT2D eigenvalue weighted by Crippen LogP contribution is -2.03. The van der Waals surface area contributed by atoms with Gasteiger partial charge < -0.3 is 18.5 Å². The summed E-state index contributed by atoms with van der Waals surface area (Å²) in [7, 11) is 3.20. The van der Waals surface area contributed by atoms with Gasteiger partial charge in [0.25, 0.3) is 5.22 Å². The first kappa shape index (κ1) is 19.1. The van der Waals surface area contributed by atoms with E-state index in [1.807, 2.05) is 36.5 Å². The smallest absolute Gasteiger partial charge is 0.277 e. The Hall–Kier alpha value is -3.26. The molecule has 0 spiro atoms. The van der Waals surface area contributed by atoms with E-state index in [9.17, 15) is 0 Å². The van der Waals surface area contributed by atoms with E-state index in [1.54, 1.807) is 26.5 Å². The van der Waals surface area contributed by atoms with Gasteiger partial charge in [-0.2, -0.15) is 0 Å². The van der Waals surface area contributed by atoms with Gasteiger partial charge in [-0.25, -0.2) is 4.98 Å². The van der Waals surface area contributed by atoms with Crippen molar-refractivity contribution in [1.29, 1.82) is 0 Å². The van der Waals surface area contributed by atoms with Crippen molar-refractivity contribution in [3.8, 4) is 23.0 Å². The van der Waals surface area contributed by atoms with Crippen LogP contribution in [0.5, 0.6) is 11.5 Å². The molecule has 7 nitrogen and oxygen atoms in total. The largest absolute Gasteiger partial charge is 0.497 e. The summed E-state index contributed by atoms with van der Waals surface area (Å²) < 4.78 is 18.5. The number of nitrogens with zero attached hydrogens (tertiary/aromatic N) is 4. The molecular weight excluding hydrogens is 388 g/mol. The molecule has 0 fully saturated rings. The SMILES string of the molecule is COc1cc(OC)cc(-c2nnc(SCc3nccn3Cc3ccccc3)o2)c1. The van der Waals surface area contributed by atoms with Crippen molar-refractivity contribution in [1.82, 2.24) is 19.7 Å². The second-order valence-corrected chi connectivity index (χ2v) is 7.15. The minimum atomic E-state index is 0.414. The molecule has 2 heterocycles. The first-order chi connectivity index (χ1) is 14.2. The summed E-state index contributed by atoms with van der Waals surface area (Å²) >= 11 is 1.45. The predicted molar refractivity (Wildman–Crippen MR) is 110 cm³/mol. The molecule has 8 heteroatoms. The number of hydrogen-bond donors (Lipinski definition) is 0. The third kappa shape index (κ3) is 4.60. The van der Waals surface area contributed by atoms with E-state index < -0.39 is 0 Å². The third-order valence-corrected chi connectivity index (χ3v) is 5.14. The van der Waals surface area contributed by atoms with Crippen LogP contribution in [0.4, 0.5) is 0 Å². The average molecular weight is 408 g/mol. The molecule has 0 aliphatic rings. The van der Waals surface area contributed by atoms with Crippen LogP contribution in [0.15, 0.2) is 70.6 Å². The lowest BCUT2D eigenvalue weighted by atomic mass is 10.2. The van der Waals surface area contributed by atoms with E-state index in [0.717, 1.165) is 17.9 Å². The Kier molecular flexibility index (Phi) is 5.81. The van der Waals surface area contributed by atoms with Gasteiger partial charge in [0.05, 0.1) is 20.0 Å². The van der Waals surface area contributed by atoms with Crippen LogP contribution in [0, 0.1) is 0 Å². The molecule has 0 saturated carbocycles. The highest BCUT2D eigenvalue weighted by molar-refractivity contribution is 7.98. The van der Waals surface area contributed by atoms with Gasteiger partial charge in [-0.15, -0.1) is 10.2 Å². The molecule has 0 radical (unpaired) electrons. The van der Waals surface area contributed by atoms with E-state index >= 15 is 0 Å². The van der Waals surface area contributed by atoms with E-state index in [0.29, 0.717) is 28.4 Å². The number of benzene rings is 2. The van der Waals surface area contributed by atoms with Crippen LogP contribution >= 0.6 is 11.8 Å². The van der Waals surface area contributed by atoms with Crippen molar-refractivity contribution < 1.29 is 13.9 Å². The molecule has 0 N–H and O–H groups in total. The van der Waals surface area contributed by atoms with Gasteiger partial charge in [-0.3, -0.25) is 0 Å². The highest BCUT2D eigenvalue weighted by Crippen LogP contribution is 2.31. The van der Waals surface area contributed by atoms with E-state index in [-0.39, 0.29) is 0 Å². The molecule has 148 valence electrons. The zero-order valence-electron chi connectivity index (χ0n) is 16.1. The molecule has 4 aromatic rings. The van der Waals surface area contributed by atoms with Gasteiger partial charge in [0.1, 0.15) is 17.3 Å². The van der Waals surface area contributed by atoms with Crippen LogP contribution in [0.2, 0.25) is 0 Å². The van der Waals surface area contributed by atoms with E-state index in [1.165, 1.54) is 17.3 Å². The summed E-state index contributed by atoms with van der Waals surface area (Å²) in [5.74, 6) is 3.31. The van der Waals surface area contributed by atoms with Crippen molar-refractivity contribution in [2.24, 2.45) is 0 Å². The van der Waals surface area contributed by atoms with E-state index in [2.05, 4.69) is 31.9 Å². The molecule has 0 bridgehead atoms. The molecular formula is C21H20N4O3S. The van der Waals surface area contributed by atoms with Crippen LogP contribution < -0.4 is 9.47 Å². The monoisotopic (exact) mass is 408 g/mol. The second kappa shape index (κ2) is 8.83. The summed E-state index contributed by atoms with van der Waals surface area (Å²) in [6.45, 7) is 0.773. The standard InChI is InChI=1S/C21H20N4O3S/c1-26-17-10-16(11-18(12-17)27-2)20-23-24-21(28-20)29-14-19-22-8-9-25(19)13-15-6-4-3-5-7-15/h3-12H,13-14H2,1-2H3. The molecule has 0 saturated heterocycles. The minimum absolute atomic E-state index is 0.414. The lowest BCUT2D eigenvalue weighted by molar-refractivity contribution is 0.394. The summed E-state index contributed by atoms with van der Waals surface area (Å²) in [6.07, 6.45) is 3.78. The first-order valence-electron chi connectivity index (χ1n) is 8.99. The maximum Gasteiger partial charge on any atom is 0.277 e. The maximum absolute atomic E-state index is 5.82. The van der Waals surface area contributed by atoms with Crippen molar-refractivity contribution in [2.45, 2.75) is 17.5 Å². The van der Waals surface area contributed by atoms with Crippen LogP contribution in [0.1, 0.15) is 11.4 Å². The number of methoxy groups -OCH3 is 2. The lowest BCUT2D eigenvalue weighted by Gasteiger charge is -2.07. The topological polar surface area (TPSA) is 75.2 Å². The molecule has 2 aromatic heterocycles. The number of rotatable bonds is 8. The van der Waals surface area contributed by atoms with Crippen LogP contribution in [-0.4, -0.2) is 34.0 Å². The zero-order valence-corrected chi connectivity index (χ0v) is 16.9. The predicted octanol–water partition coefficient (Wildman–Crippen LogP) is 4.29. The van der Waals surface area contributed by atoms with Gasteiger partial charge in [0, 0.05) is 30.6 Å². The normalized spacial score (nSPS) is 10.8. The number of thioether (sulfide) groups is 1. The Morgan fingerprint density at radius 2 is 1.76 bits per heavy atom. The zero-order chi connectivity index (χ0) is 20.1. The van der Waals surface area contributed by atoms with E-state index in [4.69, 9.17) is 13.9 Å². The first-order valence-corrected chi connectivity index (χ1v) is 9.97. The van der Waals surface area contributed by atoms with Crippen LogP contribution in [0.3, 0.4) is 0 Å². The fraction of sp³-hybridized carbons (Fsp3) is 0.190. The highest BCUT2D eigenvalue weighted by atomic mass is 32.2. The van der Waals surface area contributed by atoms with Crippen molar-refractivity contribution in [2.75, 3.05) is 14.2 Å². The maximum atomic E-state index is 5.82. The summed E-state index contributed by atoms with van der Waals surface area (Å²) in [4.78, 5) is 4.46. The Morgan fingerprint density at radius 1 is 1.00 bits per heavy atom. The number of aromatic nitrogens is 4. The fourth-order valence-electron chi connectivity index (χ4n) is 2.85. The Bertz CT molecular complexity index is 1060. The fourth-order valence-corrected chi connectivity index (χ4v) is 3.58. The van der Waals surface area contributed by atoms with Crippen LogP contribution in [0.25, 0.3) is 11.5 Å². The Morgan fingerprint density at radius 3 is 2.48 bits per heavy atom. The van der Waals surface area contributed by atoms with Crippen molar-refractivity contribution >= 4 is 11.8 Å². The number of imidazole rings is 1. The Labute approximate surface area is 172 Å². The van der Waals surface area contributed by atoms with Gasteiger partial charge in [0.2, 0.25) is 5.89 Å². The van der Waals surface area contributed by atoms with Gasteiger partial charge in [-0.05, 0) is 17.7 Å². The molecule has 4 rings (SSSR count). The second-order valence-electron chi connectivity index (χ2n) is 6.22. The van der Waals surface area contributed by atoms with Gasteiger partial charge in [0.15, 0.2) is 0 Å². The summed E-state index contributed by atoms with van der Waals surface area (Å²) in [6, 6.07) is 15.7. The highest BCUT2D eigenvalue weighted by Gasteiger charge is 2.13. The molecule has 2 aromatic carbocycles. The summed E-state index contributed by atoms with van der Waals surface area (Å²) in [5.41, 5.74) is 1.97. The molecule has 0 aliphatic heterocycles.